The summed E-state index contributed by atoms with van der Waals surface area (Å²) < 4.78 is 11.2. The molecule has 6 nitrogen and oxygen atoms in total. The quantitative estimate of drug-likeness (QED) is 0.839. The molecule has 20 heavy (non-hydrogen) atoms. The molecule has 1 saturated heterocycles. The van der Waals surface area contributed by atoms with Gasteiger partial charge in [-0.15, -0.1) is 22.6 Å². The van der Waals surface area contributed by atoms with Crippen molar-refractivity contribution in [1.82, 2.24) is 20.2 Å². The Morgan fingerprint density at radius 3 is 2.60 bits per heavy atom. The molecule has 1 aromatic heterocycles. The maximum atomic E-state index is 5.58. The van der Waals surface area contributed by atoms with E-state index >= 15 is 0 Å². The van der Waals surface area contributed by atoms with Gasteiger partial charge in [-0.3, -0.25) is 0 Å². The highest BCUT2D eigenvalue weighted by Gasteiger charge is 2.29. The van der Waals surface area contributed by atoms with E-state index in [1.165, 1.54) is 11.9 Å². The Balaban J connectivity index is 0.00000147. The highest BCUT2D eigenvalue weighted by atomic mass is 35.5. The molecule has 3 rings (SSSR count). The van der Waals surface area contributed by atoms with Crippen LogP contribution in [-0.2, 0) is 15.9 Å². The number of benzene rings is 1. The second kappa shape index (κ2) is 7.33. The van der Waals surface area contributed by atoms with Gasteiger partial charge in [-0.25, -0.2) is 0 Å². The number of aryl methyl sites for hydroxylation is 1. The molecule has 2 aromatic rings. The van der Waals surface area contributed by atoms with Crippen molar-refractivity contribution >= 4 is 12.4 Å². The first-order valence-electron chi connectivity index (χ1n) is 6.43. The van der Waals surface area contributed by atoms with E-state index in [1.54, 1.807) is 4.80 Å². The summed E-state index contributed by atoms with van der Waals surface area (Å²) in [6, 6.07) is 10.3. The van der Waals surface area contributed by atoms with E-state index in [2.05, 4.69) is 27.5 Å². The van der Waals surface area contributed by atoms with Gasteiger partial charge in [0.25, 0.3) is 0 Å². The molecule has 0 radical (unpaired) electrons. The average Bonchev–Trinajstić information content (AvgIpc) is 3.13. The van der Waals surface area contributed by atoms with Crippen LogP contribution in [0.1, 0.15) is 18.0 Å². The smallest absolute Gasteiger partial charge is 0.181 e. The van der Waals surface area contributed by atoms with Gasteiger partial charge in [-0.1, -0.05) is 30.3 Å². The van der Waals surface area contributed by atoms with Gasteiger partial charge in [0.2, 0.25) is 0 Å². The van der Waals surface area contributed by atoms with Crippen molar-refractivity contribution in [2.45, 2.75) is 25.2 Å². The minimum atomic E-state index is -0.280. The largest absolute Gasteiger partial charge is 0.348 e. The molecule has 1 aliphatic heterocycles. The molecule has 0 saturated carbocycles. The Morgan fingerprint density at radius 1 is 1.20 bits per heavy atom. The van der Waals surface area contributed by atoms with Gasteiger partial charge in [0.1, 0.15) is 6.04 Å². The molecule has 7 heteroatoms. The number of aromatic nitrogens is 4. The molecule has 2 heterocycles. The topological polar surface area (TPSA) is 62.1 Å². The van der Waals surface area contributed by atoms with Crippen LogP contribution in [-0.4, -0.2) is 39.7 Å². The molecular formula is C13H17ClN4O2. The lowest BCUT2D eigenvalue weighted by molar-refractivity contribution is -0.0863. The number of halogens is 1. The van der Waals surface area contributed by atoms with Crippen LogP contribution in [0, 0.1) is 0 Å². The van der Waals surface area contributed by atoms with Gasteiger partial charge < -0.3 is 9.47 Å². The average molecular weight is 297 g/mol. The lowest BCUT2D eigenvalue weighted by atomic mass is 10.1. The second-order valence-corrected chi connectivity index (χ2v) is 4.46. The zero-order valence-corrected chi connectivity index (χ0v) is 11.8. The van der Waals surface area contributed by atoms with E-state index in [9.17, 15) is 0 Å². The first kappa shape index (κ1) is 14.9. The van der Waals surface area contributed by atoms with E-state index in [0.717, 1.165) is 12.8 Å². The van der Waals surface area contributed by atoms with Crippen molar-refractivity contribution in [3.63, 3.8) is 0 Å². The summed E-state index contributed by atoms with van der Waals surface area (Å²) in [7, 11) is 0. The molecule has 108 valence electrons. The van der Waals surface area contributed by atoms with Gasteiger partial charge in [0.15, 0.2) is 12.6 Å². The molecule has 1 fully saturated rings. The summed E-state index contributed by atoms with van der Waals surface area (Å²) in [6.45, 7) is 1.25. The van der Waals surface area contributed by atoms with Crippen molar-refractivity contribution in [2.75, 3.05) is 13.2 Å². The van der Waals surface area contributed by atoms with Gasteiger partial charge >= 0.3 is 0 Å². The van der Waals surface area contributed by atoms with E-state index in [1.807, 2.05) is 18.2 Å². The molecule has 0 amide bonds. The number of ether oxygens (including phenoxy) is 2. The van der Waals surface area contributed by atoms with E-state index < -0.39 is 0 Å². The number of nitrogens with zero attached hydrogens (tertiary/aromatic N) is 4. The van der Waals surface area contributed by atoms with Crippen LogP contribution >= 0.6 is 12.4 Å². The zero-order chi connectivity index (χ0) is 12.9. The number of rotatable bonds is 5. The zero-order valence-electron chi connectivity index (χ0n) is 11.0. The van der Waals surface area contributed by atoms with E-state index in [0.29, 0.717) is 13.2 Å². The van der Waals surface area contributed by atoms with Crippen molar-refractivity contribution in [3.8, 4) is 0 Å². The summed E-state index contributed by atoms with van der Waals surface area (Å²) in [4.78, 5) is 1.58. The molecule has 1 atom stereocenters. The van der Waals surface area contributed by atoms with Gasteiger partial charge in [0.05, 0.1) is 13.2 Å². The third-order valence-corrected chi connectivity index (χ3v) is 3.19. The van der Waals surface area contributed by atoms with Crippen molar-refractivity contribution in [3.05, 3.63) is 42.2 Å². The summed E-state index contributed by atoms with van der Waals surface area (Å²) in [5, 5.41) is 11.8. The van der Waals surface area contributed by atoms with E-state index in [4.69, 9.17) is 9.47 Å². The van der Waals surface area contributed by atoms with Gasteiger partial charge in [-0.05, 0) is 23.6 Å². The van der Waals surface area contributed by atoms with Crippen LogP contribution in [0.15, 0.2) is 36.7 Å². The van der Waals surface area contributed by atoms with Crippen molar-refractivity contribution in [2.24, 2.45) is 0 Å². The summed E-state index contributed by atoms with van der Waals surface area (Å²) >= 11 is 0. The van der Waals surface area contributed by atoms with Crippen molar-refractivity contribution in [1.29, 1.82) is 0 Å². The molecular weight excluding hydrogens is 280 g/mol. The SMILES string of the molecule is Cl.c1ccc(CCC(C2OCCO2)n2ncnn2)cc1. The fourth-order valence-electron chi connectivity index (χ4n) is 2.25. The molecule has 0 aliphatic carbocycles. The van der Waals surface area contributed by atoms with Crippen LogP contribution in [0.2, 0.25) is 0 Å². The molecule has 0 N–H and O–H groups in total. The Hall–Kier alpha value is -1.50. The second-order valence-electron chi connectivity index (χ2n) is 4.46. The maximum absolute atomic E-state index is 5.58. The van der Waals surface area contributed by atoms with Gasteiger partial charge in [0, 0.05) is 0 Å². The number of hydrogen-bond donors (Lipinski definition) is 0. The standard InChI is InChI=1S/C13H16N4O2.ClH/c1-2-4-11(5-3-1)6-7-12(13-18-8-9-19-13)17-15-10-14-16-17;/h1-5,10,12-13H,6-9H2;1H. The maximum Gasteiger partial charge on any atom is 0.181 e. The number of tetrazole rings is 1. The van der Waals surface area contributed by atoms with Crippen LogP contribution < -0.4 is 0 Å². The molecule has 0 spiro atoms. The fraction of sp³-hybridized carbons (Fsp3) is 0.462. The Morgan fingerprint density at radius 2 is 1.95 bits per heavy atom. The predicted octanol–water partition coefficient (Wildman–Crippen LogP) is 1.64. The molecule has 1 aliphatic rings. The molecule has 1 aromatic carbocycles. The normalized spacial score (nSPS) is 16.8. The lowest BCUT2D eigenvalue weighted by Gasteiger charge is -2.20. The predicted molar refractivity (Wildman–Crippen MR) is 74.6 cm³/mol. The Labute approximate surface area is 123 Å². The third kappa shape index (κ3) is 3.53. The molecule has 1 unspecified atom stereocenters. The number of hydrogen-bond acceptors (Lipinski definition) is 5. The van der Waals surface area contributed by atoms with Crippen molar-refractivity contribution < 1.29 is 9.47 Å². The van der Waals surface area contributed by atoms with Crippen LogP contribution in [0.5, 0.6) is 0 Å². The first-order valence-corrected chi connectivity index (χ1v) is 6.43. The van der Waals surface area contributed by atoms with Gasteiger partial charge in [-0.2, -0.15) is 4.80 Å². The molecule has 0 bridgehead atoms. The van der Waals surface area contributed by atoms with Crippen LogP contribution in [0.3, 0.4) is 0 Å². The fourth-order valence-corrected chi connectivity index (χ4v) is 2.25. The highest BCUT2D eigenvalue weighted by Crippen LogP contribution is 2.23. The summed E-state index contributed by atoms with van der Waals surface area (Å²) in [6.07, 6.45) is 2.93. The minimum absolute atomic E-state index is 0. The Bertz CT molecular complexity index is 488. The van der Waals surface area contributed by atoms with E-state index in [-0.39, 0.29) is 24.7 Å². The monoisotopic (exact) mass is 296 g/mol. The summed E-state index contributed by atoms with van der Waals surface area (Å²) in [5.41, 5.74) is 1.28. The van der Waals surface area contributed by atoms with Crippen LogP contribution in [0.25, 0.3) is 0 Å². The minimum Gasteiger partial charge on any atom is -0.348 e. The van der Waals surface area contributed by atoms with Crippen LogP contribution in [0.4, 0.5) is 0 Å². The highest BCUT2D eigenvalue weighted by molar-refractivity contribution is 5.85. The third-order valence-electron chi connectivity index (χ3n) is 3.19. The summed E-state index contributed by atoms with van der Waals surface area (Å²) in [5.74, 6) is 0. The lowest BCUT2D eigenvalue weighted by Crippen LogP contribution is -2.27. The first-order chi connectivity index (χ1) is 9.43. The Kier molecular flexibility index (Phi) is 5.46.